The van der Waals surface area contributed by atoms with Crippen molar-refractivity contribution in [2.45, 2.75) is 33.0 Å². The normalized spacial score (nSPS) is 15.8. The predicted octanol–water partition coefficient (Wildman–Crippen LogP) is 2.47. The summed E-state index contributed by atoms with van der Waals surface area (Å²) in [5.74, 6) is 1.15. The Kier molecular flexibility index (Phi) is 5.06. The maximum absolute atomic E-state index is 12.0. The summed E-state index contributed by atoms with van der Waals surface area (Å²) in [6.45, 7) is 4.83. The van der Waals surface area contributed by atoms with Crippen LogP contribution in [0.4, 0.5) is 17.5 Å². The number of fused-ring (bicyclic) bond motifs is 1. The monoisotopic (exact) mass is 412 g/mol. The third-order valence-electron chi connectivity index (χ3n) is 4.89. The van der Waals surface area contributed by atoms with Crippen molar-refractivity contribution in [2.75, 3.05) is 22.6 Å². The molecule has 0 saturated carbocycles. The number of pyridine rings is 1. The van der Waals surface area contributed by atoms with Gasteiger partial charge < -0.3 is 15.5 Å². The van der Waals surface area contributed by atoms with E-state index in [1.807, 2.05) is 48.8 Å². The fourth-order valence-corrected chi connectivity index (χ4v) is 3.32. The molecule has 0 fully saturated rings. The maximum Gasteiger partial charge on any atom is 0.246 e. The van der Waals surface area contributed by atoms with Gasteiger partial charge in [0.25, 0.3) is 0 Å². The minimum Gasteiger partial charge on any atom is -0.350 e. The zero-order valence-corrected chi connectivity index (χ0v) is 17.1. The number of hydrogen-bond donors (Lipinski definition) is 2. The molecule has 1 aliphatic rings. The van der Waals surface area contributed by atoms with Crippen LogP contribution in [0.2, 0.25) is 5.15 Å². The lowest BCUT2D eigenvalue weighted by Gasteiger charge is -2.32. The smallest absolute Gasteiger partial charge is 0.246 e. The fourth-order valence-electron chi connectivity index (χ4n) is 3.12. The van der Waals surface area contributed by atoms with E-state index in [-0.39, 0.29) is 11.9 Å². The Hall–Kier alpha value is -3.20. The number of nitrogens with zero attached hydrogens (tertiary/aromatic N) is 6. The molecule has 29 heavy (non-hydrogen) atoms. The van der Waals surface area contributed by atoms with E-state index < -0.39 is 0 Å². The fraction of sp³-hybridized carbons (Fsp3) is 0.316. The van der Waals surface area contributed by atoms with Crippen molar-refractivity contribution in [3.63, 3.8) is 0 Å². The molecule has 3 aromatic rings. The highest BCUT2D eigenvalue weighted by atomic mass is 35.5. The molecule has 9 nitrogen and oxygen atoms in total. The number of nitrogens with one attached hydrogen (secondary N) is 2. The third-order valence-corrected chi connectivity index (χ3v) is 5.09. The number of halogens is 1. The van der Waals surface area contributed by atoms with Crippen LogP contribution in [0.25, 0.3) is 0 Å². The summed E-state index contributed by atoms with van der Waals surface area (Å²) in [4.78, 5) is 26.9. The number of likely N-dealkylation sites (N-methyl/N-ethyl adjacent to an activating group) is 1. The Morgan fingerprint density at radius 3 is 2.93 bits per heavy atom. The second-order valence-corrected chi connectivity index (χ2v) is 7.38. The summed E-state index contributed by atoms with van der Waals surface area (Å²) < 4.78 is 1.84. The number of amides is 1. The van der Waals surface area contributed by atoms with Gasteiger partial charge in [-0.15, -0.1) is 0 Å². The van der Waals surface area contributed by atoms with Crippen molar-refractivity contribution in [1.29, 1.82) is 0 Å². The molecule has 4 rings (SSSR count). The van der Waals surface area contributed by atoms with Gasteiger partial charge in [-0.25, -0.2) is 9.97 Å². The third kappa shape index (κ3) is 4.00. The lowest BCUT2D eigenvalue weighted by molar-refractivity contribution is -0.117. The van der Waals surface area contributed by atoms with Crippen LogP contribution in [0.3, 0.4) is 0 Å². The van der Waals surface area contributed by atoms with E-state index in [1.54, 1.807) is 12.4 Å². The first-order valence-corrected chi connectivity index (χ1v) is 9.56. The molecule has 3 aromatic heterocycles. The average Bonchev–Trinajstić information content (AvgIpc) is 3.13. The zero-order valence-electron chi connectivity index (χ0n) is 16.3. The number of carbonyl (C=O) groups excluding carboxylic acids is 1. The molecule has 0 unspecified atom stereocenters. The Morgan fingerprint density at radius 2 is 2.14 bits per heavy atom. The Labute approximate surface area is 173 Å². The molecule has 0 aromatic carbocycles. The van der Waals surface area contributed by atoms with Crippen LogP contribution in [0.15, 0.2) is 30.7 Å². The molecule has 0 radical (unpaired) electrons. The van der Waals surface area contributed by atoms with Crippen LogP contribution in [-0.4, -0.2) is 43.7 Å². The highest BCUT2D eigenvalue weighted by Crippen LogP contribution is 2.32. The first kappa shape index (κ1) is 19.1. The van der Waals surface area contributed by atoms with Gasteiger partial charge in [0.2, 0.25) is 11.9 Å². The topological polar surface area (TPSA) is 101 Å². The second-order valence-electron chi connectivity index (χ2n) is 6.99. The van der Waals surface area contributed by atoms with Crippen LogP contribution in [0.5, 0.6) is 0 Å². The number of hydrogen-bond acceptors (Lipinski definition) is 7. The first-order chi connectivity index (χ1) is 13.9. The van der Waals surface area contributed by atoms with Crippen LogP contribution >= 0.6 is 11.6 Å². The minimum atomic E-state index is -0.287. The first-order valence-electron chi connectivity index (χ1n) is 9.18. The quantitative estimate of drug-likeness (QED) is 0.621. The summed E-state index contributed by atoms with van der Waals surface area (Å²) >= 11 is 5.93. The molecule has 150 valence electrons. The minimum absolute atomic E-state index is 0.0599. The highest BCUT2D eigenvalue weighted by molar-refractivity contribution is 6.29. The van der Waals surface area contributed by atoms with Crippen molar-refractivity contribution in [2.24, 2.45) is 0 Å². The maximum atomic E-state index is 12.0. The summed E-state index contributed by atoms with van der Waals surface area (Å²) in [5.41, 5.74) is 3.40. The van der Waals surface area contributed by atoms with Crippen LogP contribution in [0.1, 0.15) is 23.7 Å². The van der Waals surface area contributed by atoms with Crippen molar-refractivity contribution >= 4 is 35.0 Å². The van der Waals surface area contributed by atoms with Crippen molar-refractivity contribution in [3.05, 3.63) is 52.7 Å². The molecule has 0 aliphatic carbocycles. The zero-order chi connectivity index (χ0) is 20.5. The molecule has 2 N–H and O–H groups in total. The van der Waals surface area contributed by atoms with Gasteiger partial charge in [-0.2, -0.15) is 10.1 Å². The molecule has 1 atom stereocenters. The number of carbonyl (C=O) groups is 1. The Bertz CT molecular complexity index is 1070. The second kappa shape index (κ2) is 7.67. The van der Waals surface area contributed by atoms with Gasteiger partial charge in [-0.05, 0) is 31.5 Å². The largest absolute Gasteiger partial charge is 0.350 e. The van der Waals surface area contributed by atoms with E-state index in [0.29, 0.717) is 35.7 Å². The van der Waals surface area contributed by atoms with E-state index >= 15 is 0 Å². The van der Waals surface area contributed by atoms with E-state index in [9.17, 15) is 4.79 Å². The van der Waals surface area contributed by atoms with Crippen molar-refractivity contribution < 1.29 is 4.79 Å². The van der Waals surface area contributed by atoms with Gasteiger partial charge in [0.15, 0.2) is 5.82 Å². The molecule has 4 heterocycles. The molecular weight excluding hydrogens is 392 g/mol. The van der Waals surface area contributed by atoms with Gasteiger partial charge in [-0.1, -0.05) is 11.6 Å². The lowest BCUT2D eigenvalue weighted by atomic mass is 10.2. The number of anilines is 3. The van der Waals surface area contributed by atoms with E-state index in [2.05, 4.69) is 30.7 Å². The highest BCUT2D eigenvalue weighted by Gasteiger charge is 2.30. The van der Waals surface area contributed by atoms with Crippen LogP contribution < -0.4 is 15.5 Å². The number of aryl methyl sites for hydroxylation is 1. The summed E-state index contributed by atoms with van der Waals surface area (Å²) in [5, 5.41) is 11.0. The lowest BCUT2D eigenvalue weighted by Crippen LogP contribution is -2.44. The molecular formula is C19H21ClN8O. The molecule has 1 aliphatic heterocycles. The van der Waals surface area contributed by atoms with E-state index in [1.165, 1.54) is 0 Å². The summed E-state index contributed by atoms with van der Waals surface area (Å²) in [6, 6.07) is 3.44. The standard InChI is InChI=1S/C19H21ClN8O/c1-11-16-17(27(3)12(2)18(29)25-16)26-19(24-11)22-7-14-8-23-28(10-14)9-13-4-5-21-15(20)6-13/h4-6,8,10,12H,7,9H2,1-3H3,(H,25,29)(H,22,24,26)/t12-/m0/s1. The van der Waals surface area contributed by atoms with Gasteiger partial charge in [-0.3, -0.25) is 9.48 Å². The molecule has 0 saturated heterocycles. The van der Waals surface area contributed by atoms with Gasteiger partial charge in [0.05, 0.1) is 18.4 Å². The Morgan fingerprint density at radius 1 is 1.31 bits per heavy atom. The molecule has 1 amide bonds. The van der Waals surface area contributed by atoms with Crippen molar-refractivity contribution in [3.8, 4) is 0 Å². The summed E-state index contributed by atoms with van der Waals surface area (Å²) in [7, 11) is 1.86. The average molecular weight is 413 g/mol. The van der Waals surface area contributed by atoms with Gasteiger partial charge in [0.1, 0.15) is 16.9 Å². The van der Waals surface area contributed by atoms with Gasteiger partial charge >= 0.3 is 0 Å². The van der Waals surface area contributed by atoms with Crippen molar-refractivity contribution in [1.82, 2.24) is 24.7 Å². The molecule has 10 heteroatoms. The SMILES string of the molecule is Cc1nc(NCc2cnn(Cc3ccnc(Cl)c3)c2)nc2c1NC(=O)[C@H](C)N2C. The Balaban J connectivity index is 1.45. The molecule has 0 bridgehead atoms. The summed E-state index contributed by atoms with van der Waals surface area (Å²) in [6.07, 6.45) is 5.44. The number of aromatic nitrogens is 5. The van der Waals surface area contributed by atoms with E-state index in [4.69, 9.17) is 11.6 Å². The predicted molar refractivity (Wildman–Crippen MR) is 111 cm³/mol. The number of rotatable bonds is 5. The van der Waals surface area contributed by atoms with Gasteiger partial charge in [0, 0.05) is 31.5 Å². The van der Waals surface area contributed by atoms with Crippen LogP contribution in [0, 0.1) is 6.92 Å². The van der Waals surface area contributed by atoms with Crippen LogP contribution in [-0.2, 0) is 17.9 Å². The molecule has 0 spiro atoms. The van der Waals surface area contributed by atoms with E-state index in [0.717, 1.165) is 16.8 Å².